The van der Waals surface area contributed by atoms with Gasteiger partial charge in [-0.1, -0.05) is 24.3 Å². The minimum Gasteiger partial charge on any atom is -0.508 e. The minimum atomic E-state index is -0.938. The zero-order chi connectivity index (χ0) is 16.2. The molecule has 23 heavy (non-hydrogen) atoms. The average molecular weight is 308 g/mol. The second kappa shape index (κ2) is 6.36. The number of carboxylic acids is 1. The minimum absolute atomic E-state index is 0.260. The number of benzene rings is 2. The third-order valence-electron chi connectivity index (χ3n) is 3.68. The highest BCUT2D eigenvalue weighted by Crippen LogP contribution is 2.19. The molecule has 116 valence electrons. The molecule has 0 spiro atoms. The second-order valence-corrected chi connectivity index (χ2v) is 5.24. The molecule has 0 aliphatic heterocycles. The SMILES string of the molecule is O=C(O)c1ccc(-c2nccn2CCc2ccc(O)cc2)cc1. The molecule has 0 unspecified atom stereocenters. The van der Waals surface area contributed by atoms with E-state index in [1.807, 2.05) is 22.9 Å². The van der Waals surface area contributed by atoms with Crippen LogP contribution >= 0.6 is 0 Å². The van der Waals surface area contributed by atoms with Crippen molar-refractivity contribution in [2.75, 3.05) is 0 Å². The van der Waals surface area contributed by atoms with Crippen molar-refractivity contribution in [1.82, 2.24) is 9.55 Å². The van der Waals surface area contributed by atoms with Crippen LogP contribution in [-0.2, 0) is 13.0 Å². The van der Waals surface area contributed by atoms with Gasteiger partial charge in [0, 0.05) is 24.5 Å². The van der Waals surface area contributed by atoms with Gasteiger partial charge in [0.05, 0.1) is 5.56 Å². The molecule has 0 aliphatic carbocycles. The molecule has 5 nitrogen and oxygen atoms in total. The predicted molar refractivity (Wildman–Crippen MR) is 86.4 cm³/mol. The van der Waals surface area contributed by atoms with Crippen molar-refractivity contribution >= 4 is 5.97 Å². The number of aromatic carboxylic acids is 1. The van der Waals surface area contributed by atoms with Gasteiger partial charge in [-0.05, 0) is 36.2 Å². The molecule has 0 saturated heterocycles. The Kier molecular flexibility index (Phi) is 4.10. The van der Waals surface area contributed by atoms with Crippen LogP contribution in [0.15, 0.2) is 60.9 Å². The van der Waals surface area contributed by atoms with E-state index < -0.39 is 5.97 Å². The molecule has 0 aliphatic rings. The molecule has 1 heterocycles. The van der Waals surface area contributed by atoms with Gasteiger partial charge in [-0.25, -0.2) is 9.78 Å². The summed E-state index contributed by atoms with van der Waals surface area (Å²) in [5.41, 5.74) is 2.27. The summed E-state index contributed by atoms with van der Waals surface area (Å²) < 4.78 is 2.03. The highest BCUT2D eigenvalue weighted by atomic mass is 16.4. The lowest BCUT2D eigenvalue weighted by Crippen LogP contribution is -2.03. The fourth-order valence-corrected chi connectivity index (χ4v) is 2.42. The van der Waals surface area contributed by atoms with Crippen molar-refractivity contribution in [3.63, 3.8) is 0 Å². The number of aryl methyl sites for hydroxylation is 2. The first-order valence-corrected chi connectivity index (χ1v) is 7.26. The molecule has 2 aromatic carbocycles. The molecule has 0 fully saturated rings. The van der Waals surface area contributed by atoms with Gasteiger partial charge in [-0.15, -0.1) is 0 Å². The number of hydrogen-bond donors (Lipinski definition) is 2. The van der Waals surface area contributed by atoms with Crippen LogP contribution in [0.2, 0.25) is 0 Å². The Morgan fingerprint density at radius 2 is 1.74 bits per heavy atom. The maximum absolute atomic E-state index is 10.9. The molecule has 0 bridgehead atoms. The first kappa shape index (κ1) is 14.8. The summed E-state index contributed by atoms with van der Waals surface area (Å²) in [6.45, 7) is 0.751. The average Bonchev–Trinajstić information content (AvgIpc) is 3.03. The predicted octanol–water partition coefficient (Wildman–Crippen LogP) is 3.20. The molecular weight excluding hydrogens is 292 g/mol. The van der Waals surface area contributed by atoms with Crippen LogP contribution in [0.1, 0.15) is 15.9 Å². The van der Waals surface area contributed by atoms with Crippen LogP contribution in [0.5, 0.6) is 5.75 Å². The van der Waals surface area contributed by atoms with Crippen LogP contribution in [0.4, 0.5) is 0 Å². The highest BCUT2D eigenvalue weighted by molar-refractivity contribution is 5.88. The van der Waals surface area contributed by atoms with E-state index in [1.54, 1.807) is 42.6 Å². The lowest BCUT2D eigenvalue weighted by Gasteiger charge is -2.08. The molecule has 1 aromatic heterocycles. The Balaban J connectivity index is 1.76. The van der Waals surface area contributed by atoms with Crippen LogP contribution in [-0.4, -0.2) is 25.7 Å². The topological polar surface area (TPSA) is 75.3 Å². The first-order valence-electron chi connectivity index (χ1n) is 7.26. The number of hydrogen-bond acceptors (Lipinski definition) is 3. The fraction of sp³-hybridized carbons (Fsp3) is 0.111. The molecular formula is C18H16N2O3. The van der Waals surface area contributed by atoms with Gasteiger partial charge in [0.15, 0.2) is 0 Å². The number of carbonyl (C=O) groups is 1. The molecule has 0 radical (unpaired) electrons. The van der Waals surface area contributed by atoms with Crippen LogP contribution in [0, 0.1) is 0 Å². The summed E-state index contributed by atoms with van der Waals surface area (Å²) in [6, 6.07) is 13.8. The number of aromatic nitrogens is 2. The lowest BCUT2D eigenvalue weighted by molar-refractivity contribution is 0.0697. The number of rotatable bonds is 5. The van der Waals surface area contributed by atoms with Gasteiger partial charge >= 0.3 is 5.97 Å². The van der Waals surface area contributed by atoms with Crippen LogP contribution < -0.4 is 0 Å². The van der Waals surface area contributed by atoms with Gasteiger partial charge in [-0.3, -0.25) is 0 Å². The summed E-state index contributed by atoms with van der Waals surface area (Å²) in [5, 5.41) is 18.3. The normalized spacial score (nSPS) is 10.6. The van der Waals surface area contributed by atoms with E-state index in [0.29, 0.717) is 0 Å². The van der Waals surface area contributed by atoms with Crippen LogP contribution in [0.25, 0.3) is 11.4 Å². The number of carboxylic acid groups (broad SMARTS) is 1. The third kappa shape index (κ3) is 3.40. The summed E-state index contributed by atoms with van der Waals surface area (Å²) in [7, 11) is 0. The summed E-state index contributed by atoms with van der Waals surface area (Å²) >= 11 is 0. The Morgan fingerprint density at radius 1 is 1.04 bits per heavy atom. The monoisotopic (exact) mass is 308 g/mol. The van der Waals surface area contributed by atoms with Crippen molar-refractivity contribution in [2.45, 2.75) is 13.0 Å². The highest BCUT2D eigenvalue weighted by Gasteiger charge is 2.08. The van der Waals surface area contributed by atoms with Crippen molar-refractivity contribution in [3.05, 3.63) is 72.1 Å². The summed E-state index contributed by atoms with van der Waals surface area (Å²) in [6.07, 6.45) is 4.45. The Hall–Kier alpha value is -3.08. The van der Waals surface area contributed by atoms with E-state index >= 15 is 0 Å². The van der Waals surface area contributed by atoms with Crippen molar-refractivity contribution in [1.29, 1.82) is 0 Å². The van der Waals surface area contributed by atoms with Gasteiger partial charge in [0.25, 0.3) is 0 Å². The molecule has 0 atom stereocenters. The second-order valence-electron chi connectivity index (χ2n) is 5.24. The lowest BCUT2D eigenvalue weighted by atomic mass is 10.1. The Bertz CT molecular complexity index is 805. The molecule has 3 aromatic rings. The zero-order valence-corrected chi connectivity index (χ0v) is 12.4. The van der Waals surface area contributed by atoms with E-state index in [9.17, 15) is 9.90 Å². The molecule has 0 saturated carbocycles. The van der Waals surface area contributed by atoms with Gasteiger partial charge in [0.1, 0.15) is 11.6 Å². The number of nitrogens with zero attached hydrogens (tertiary/aromatic N) is 2. The largest absolute Gasteiger partial charge is 0.508 e. The number of aromatic hydroxyl groups is 1. The number of imidazole rings is 1. The van der Waals surface area contributed by atoms with Crippen molar-refractivity contribution in [3.8, 4) is 17.1 Å². The van der Waals surface area contributed by atoms with Crippen molar-refractivity contribution in [2.24, 2.45) is 0 Å². The third-order valence-corrected chi connectivity index (χ3v) is 3.68. The standard InChI is InChI=1S/C18H16N2O3/c21-16-7-1-13(2-8-16)9-11-20-12-10-19-17(20)14-3-5-15(6-4-14)18(22)23/h1-8,10,12,21H,9,11H2,(H,22,23). The molecule has 3 rings (SSSR count). The van der Waals surface area contributed by atoms with E-state index in [0.717, 1.165) is 29.9 Å². The van der Waals surface area contributed by atoms with Crippen molar-refractivity contribution < 1.29 is 15.0 Å². The van der Waals surface area contributed by atoms with Gasteiger partial charge in [-0.2, -0.15) is 0 Å². The van der Waals surface area contributed by atoms with E-state index in [4.69, 9.17) is 5.11 Å². The maximum Gasteiger partial charge on any atom is 0.335 e. The van der Waals surface area contributed by atoms with Gasteiger partial charge in [0.2, 0.25) is 0 Å². The zero-order valence-electron chi connectivity index (χ0n) is 12.4. The Morgan fingerprint density at radius 3 is 2.39 bits per heavy atom. The summed E-state index contributed by atoms with van der Waals surface area (Å²) in [4.78, 5) is 15.3. The fourth-order valence-electron chi connectivity index (χ4n) is 2.42. The number of phenols is 1. The maximum atomic E-state index is 10.9. The van der Waals surface area contributed by atoms with E-state index in [1.165, 1.54) is 0 Å². The first-order chi connectivity index (χ1) is 11.1. The van der Waals surface area contributed by atoms with Crippen LogP contribution in [0.3, 0.4) is 0 Å². The molecule has 0 amide bonds. The smallest absolute Gasteiger partial charge is 0.335 e. The quantitative estimate of drug-likeness (QED) is 0.759. The Labute approximate surface area is 133 Å². The summed E-state index contributed by atoms with van der Waals surface area (Å²) in [5.74, 6) is 0.128. The molecule has 5 heteroatoms. The number of phenolic OH excluding ortho intramolecular Hbond substituents is 1. The van der Waals surface area contributed by atoms with Gasteiger partial charge < -0.3 is 14.8 Å². The van der Waals surface area contributed by atoms with E-state index in [-0.39, 0.29) is 11.3 Å². The van der Waals surface area contributed by atoms with E-state index in [2.05, 4.69) is 4.98 Å². The molecule has 2 N–H and O–H groups in total.